The van der Waals surface area contributed by atoms with E-state index >= 15 is 0 Å². The monoisotopic (exact) mass is 368 g/mol. The van der Waals surface area contributed by atoms with Crippen molar-refractivity contribution in [2.24, 2.45) is 15.7 Å². The van der Waals surface area contributed by atoms with Crippen LogP contribution in [0.15, 0.2) is 46.5 Å². The van der Waals surface area contributed by atoms with Gasteiger partial charge >= 0.3 is 0 Å². The molecule has 0 saturated heterocycles. The van der Waals surface area contributed by atoms with Gasteiger partial charge in [-0.1, -0.05) is 17.7 Å². The average molecular weight is 369 g/mol. The van der Waals surface area contributed by atoms with Gasteiger partial charge in [0.05, 0.1) is 17.3 Å². The quantitative estimate of drug-likeness (QED) is 0.843. The van der Waals surface area contributed by atoms with Crippen molar-refractivity contribution in [2.75, 3.05) is 6.61 Å². The molecule has 2 aliphatic rings. The lowest BCUT2D eigenvalue weighted by Gasteiger charge is -2.31. The normalized spacial score (nSPS) is 21.0. The first kappa shape index (κ1) is 16.7. The number of pyridine rings is 1. The molecule has 0 fully saturated rings. The molecule has 3 heterocycles. The van der Waals surface area contributed by atoms with E-state index in [1.165, 1.54) is 6.20 Å². The summed E-state index contributed by atoms with van der Waals surface area (Å²) in [7, 11) is 0. The molecular formula is C19H17ClN4O2. The first-order valence-corrected chi connectivity index (χ1v) is 8.68. The maximum absolute atomic E-state index is 12.5. The van der Waals surface area contributed by atoms with Gasteiger partial charge in [-0.2, -0.15) is 0 Å². The number of hydrogen-bond donors (Lipinski definition) is 1. The summed E-state index contributed by atoms with van der Waals surface area (Å²) in [4.78, 5) is 25.9. The van der Waals surface area contributed by atoms with Crippen LogP contribution < -0.4 is 10.5 Å². The highest BCUT2D eigenvalue weighted by molar-refractivity contribution is 6.41. The van der Waals surface area contributed by atoms with E-state index in [4.69, 9.17) is 22.1 Å². The van der Waals surface area contributed by atoms with E-state index in [1.807, 2.05) is 25.1 Å². The van der Waals surface area contributed by atoms with E-state index in [2.05, 4.69) is 15.0 Å². The number of benzene rings is 1. The van der Waals surface area contributed by atoms with Crippen LogP contribution in [-0.4, -0.2) is 28.9 Å². The molecule has 7 heteroatoms. The third-order valence-electron chi connectivity index (χ3n) is 4.59. The number of ketones is 1. The van der Waals surface area contributed by atoms with Gasteiger partial charge in [0.2, 0.25) is 0 Å². The van der Waals surface area contributed by atoms with Crippen LogP contribution in [0.25, 0.3) is 0 Å². The van der Waals surface area contributed by atoms with Gasteiger partial charge in [-0.15, -0.1) is 0 Å². The number of aliphatic imine (C=N–C) groups is 2. The molecule has 26 heavy (non-hydrogen) atoms. The standard InChI is InChI=1S/C19H17ClN4O2/c1-11-18(21)24-19(23-11)6-7-26-17-5-2-12(8-14(17)19)9-16(25)15-4-3-13(20)10-22-15/h2-5,8,10H,6-7,9H2,1H3,(H2,21,24). The van der Waals surface area contributed by atoms with Crippen molar-refractivity contribution in [2.45, 2.75) is 25.4 Å². The van der Waals surface area contributed by atoms with Crippen molar-refractivity contribution in [3.8, 4) is 5.75 Å². The first-order valence-electron chi connectivity index (χ1n) is 8.30. The maximum Gasteiger partial charge on any atom is 0.185 e. The van der Waals surface area contributed by atoms with Gasteiger partial charge in [0.15, 0.2) is 11.4 Å². The number of carbonyl (C=O) groups is 1. The minimum atomic E-state index is -0.737. The van der Waals surface area contributed by atoms with Gasteiger partial charge in [0.25, 0.3) is 0 Å². The third kappa shape index (κ3) is 2.86. The highest BCUT2D eigenvalue weighted by Gasteiger charge is 2.41. The van der Waals surface area contributed by atoms with E-state index < -0.39 is 5.66 Å². The second-order valence-electron chi connectivity index (χ2n) is 6.40. The molecule has 0 saturated carbocycles. The average Bonchev–Trinajstić information content (AvgIpc) is 2.90. The SMILES string of the molecule is CC1=NC2(CCOc3ccc(CC(=O)c4ccc(Cl)cn4)cc32)N=C1N. The Morgan fingerprint density at radius 1 is 1.31 bits per heavy atom. The lowest BCUT2D eigenvalue weighted by atomic mass is 9.91. The minimum Gasteiger partial charge on any atom is -0.493 e. The van der Waals surface area contributed by atoms with Gasteiger partial charge in [-0.3, -0.25) is 14.8 Å². The Bertz CT molecular complexity index is 933. The van der Waals surface area contributed by atoms with Crippen LogP contribution in [0.2, 0.25) is 5.02 Å². The molecule has 6 nitrogen and oxygen atoms in total. The van der Waals surface area contributed by atoms with Crippen molar-refractivity contribution >= 4 is 28.9 Å². The molecule has 2 aromatic rings. The Labute approximate surface area is 155 Å². The summed E-state index contributed by atoms with van der Waals surface area (Å²) in [6.07, 6.45) is 2.31. The van der Waals surface area contributed by atoms with Crippen LogP contribution in [-0.2, 0) is 12.1 Å². The zero-order valence-electron chi connectivity index (χ0n) is 14.2. The van der Waals surface area contributed by atoms with Crippen molar-refractivity contribution in [1.82, 2.24) is 4.98 Å². The number of nitrogens with zero attached hydrogens (tertiary/aromatic N) is 3. The maximum atomic E-state index is 12.5. The van der Waals surface area contributed by atoms with Crippen LogP contribution in [0.4, 0.5) is 0 Å². The van der Waals surface area contributed by atoms with E-state index in [1.54, 1.807) is 12.1 Å². The fourth-order valence-corrected chi connectivity index (χ4v) is 3.36. The van der Waals surface area contributed by atoms with E-state index in [-0.39, 0.29) is 12.2 Å². The highest BCUT2D eigenvalue weighted by Crippen LogP contribution is 2.43. The zero-order chi connectivity index (χ0) is 18.3. The van der Waals surface area contributed by atoms with Crippen molar-refractivity contribution in [3.05, 3.63) is 58.4 Å². The molecule has 1 unspecified atom stereocenters. The van der Waals surface area contributed by atoms with Gasteiger partial charge in [0.1, 0.15) is 17.3 Å². The molecule has 1 spiro atoms. The molecule has 0 aliphatic carbocycles. The number of carbonyl (C=O) groups excluding carboxylic acids is 1. The number of ether oxygens (including phenoxy) is 1. The number of fused-ring (bicyclic) bond motifs is 2. The summed E-state index contributed by atoms with van der Waals surface area (Å²) in [5.74, 6) is 1.10. The lowest BCUT2D eigenvalue weighted by Crippen LogP contribution is -2.28. The second-order valence-corrected chi connectivity index (χ2v) is 6.84. The second kappa shape index (κ2) is 6.21. The van der Waals surface area contributed by atoms with Crippen LogP contribution >= 0.6 is 11.6 Å². The van der Waals surface area contributed by atoms with Gasteiger partial charge in [-0.05, 0) is 36.8 Å². The van der Waals surface area contributed by atoms with Crippen LogP contribution in [0, 0.1) is 0 Å². The molecule has 0 bridgehead atoms. The summed E-state index contributed by atoms with van der Waals surface area (Å²) in [5.41, 5.74) is 8.02. The molecule has 132 valence electrons. The third-order valence-corrected chi connectivity index (χ3v) is 4.81. The number of nitrogens with two attached hydrogens (primary N) is 1. The topological polar surface area (TPSA) is 89.9 Å². The Morgan fingerprint density at radius 3 is 2.85 bits per heavy atom. The summed E-state index contributed by atoms with van der Waals surface area (Å²) in [6, 6.07) is 8.96. The van der Waals surface area contributed by atoms with Crippen LogP contribution in [0.3, 0.4) is 0 Å². The van der Waals surface area contributed by atoms with Crippen molar-refractivity contribution in [3.63, 3.8) is 0 Å². The molecule has 2 aliphatic heterocycles. The molecule has 4 rings (SSSR count). The van der Waals surface area contributed by atoms with Crippen molar-refractivity contribution in [1.29, 1.82) is 0 Å². The fraction of sp³-hybridized carbons (Fsp3) is 0.263. The predicted molar refractivity (Wildman–Crippen MR) is 100 cm³/mol. The Balaban J connectivity index is 1.67. The number of aromatic nitrogens is 1. The Kier molecular flexibility index (Phi) is 4.00. The van der Waals surface area contributed by atoms with E-state index in [9.17, 15) is 4.79 Å². The number of hydrogen-bond acceptors (Lipinski definition) is 6. The molecule has 1 atom stereocenters. The highest BCUT2D eigenvalue weighted by atomic mass is 35.5. The number of halogens is 1. The smallest absolute Gasteiger partial charge is 0.185 e. The number of rotatable bonds is 3. The summed E-state index contributed by atoms with van der Waals surface area (Å²) in [6.45, 7) is 2.37. The summed E-state index contributed by atoms with van der Waals surface area (Å²) < 4.78 is 5.75. The Morgan fingerprint density at radius 2 is 2.15 bits per heavy atom. The van der Waals surface area contributed by atoms with Gasteiger partial charge in [0, 0.05) is 24.6 Å². The molecule has 2 N–H and O–H groups in total. The van der Waals surface area contributed by atoms with Gasteiger partial charge in [-0.25, -0.2) is 4.99 Å². The molecular weight excluding hydrogens is 352 g/mol. The summed E-state index contributed by atoms with van der Waals surface area (Å²) in [5, 5.41) is 0.499. The summed E-state index contributed by atoms with van der Waals surface area (Å²) >= 11 is 5.83. The van der Waals surface area contributed by atoms with Gasteiger partial charge < -0.3 is 10.5 Å². The lowest BCUT2D eigenvalue weighted by molar-refractivity contribution is 0.0988. The van der Waals surface area contributed by atoms with Crippen molar-refractivity contribution < 1.29 is 9.53 Å². The number of amidine groups is 1. The minimum absolute atomic E-state index is 0.0819. The molecule has 1 aromatic heterocycles. The van der Waals surface area contributed by atoms with Crippen LogP contribution in [0.1, 0.15) is 35.0 Å². The molecule has 0 radical (unpaired) electrons. The zero-order valence-corrected chi connectivity index (χ0v) is 15.0. The van der Waals surface area contributed by atoms with E-state index in [0.29, 0.717) is 29.6 Å². The predicted octanol–water partition coefficient (Wildman–Crippen LogP) is 2.93. The number of Topliss-reactive ketones (excluding diaryl/α,β-unsaturated/α-hetero) is 1. The first-order chi connectivity index (χ1) is 12.5. The van der Waals surface area contributed by atoms with Crippen LogP contribution in [0.5, 0.6) is 5.75 Å². The molecule has 0 amide bonds. The molecule has 1 aromatic carbocycles. The Hall–Kier alpha value is -2.73. The largest absolute Gasteiger partial charge is 0.493 e. The van der Waals surface area contributed by atoms with E-state index in [0.717, 1.165) is 22.6 Å². The fourth-order valence-electron chi connectivity index (χ4n) is 3.25.